The van der Waals surface area contributed by atoms with Gasteiger partial charge in [-0.2, -0.15) is 5.26 Å². The van der Waals surface area contributed by atoms with E-state index in [4.69, 9.17) is 19.5 Å². The minimum atomic E-state index is -1.24. The number of anilines is 3. The van der Waals surface area contributed by atoms with Crippen molar-refractivity contribution in [3.8, 4) is 23.1 Å². The number of carbonyl (C=O) groups is 1. The van der Waals surface area contributed by atoms with Gasteiger partial charge in [-0.3, -0.25) is 0 Å². The van der Waals surface area contributed by atoms with Gasteiger partial charge in [0.15, 0.2) is 0 Å². The normalized spacial score (nSPS) is 12.5. The predicted molar refractivity (Wildman–Crippen MR) is 187 cm³/mol. The standard InChI is InChI=1S/C38H32N2O4S2/c1-2-3-4-7-22-43-29-13-11-28(12-14-29)40-33-8-5-6-9-36(33)46-37-24-26(10-20-34(37)40)35-21-16-30(44-35)15-17-31-18-19-32(45-31)23-27(25-39)38(41)42/h5-6,8-21,23-24H,2-4,7,22H2,1H3,(H,41,42)/b17-15+,27-23+. The second kappa shape index (κ2) is 14.4. The van der Waals surface area contributed by atoms with Crippen LogP contribution in [-0.2, 0) is 4.79 Å². The molecule has 1 aliphatic rings. The van der Waals surface area contributed by atoms with Gasteiger partial charge in [0, 0.05) is 30.8 Å². The number of nitriles is 1. The molecule has 1 aliphatic heterocycles. The van der Waals surface area contributed by atoms with Crippen LogP contribution in [-0.4, -0.2) is 17.7 Å². The van der Waals surface area contributed by atoms with E-state index in [9.17, 15) is 4.79 Å². The Bertz CT molecular complexity index is 1950. The zero-order valence-corrected chi connectivity index (χ0v) is 26.9. The van der Waals surface area contributed by atoms with E-state index >= 15 is 0 Å². The molecule has 46 heavy (non-hydrogen) atoms. The van der Waals surface area contributed by atoms with Crippen LogP contribution in [0.4, 0.5) is 17.1 Å². The van der Waals surface area contributed by atoms with Gasteiger partial charge in [0.2, 0.25) is 0 Å². The summed E-state index contributed by atoms with van der Waals surface area (Å²) in [5.74, 6) is 1.12. The highest BCUT2D eigenvalue weighted by molar-refractivity contribution is 7.99. The summed E-state index contributed by atoms with van der Waals surface area (Å²) in [4.78, 5) is 17.4. The van der Waals surface area contributed by atoms with Crippen LogP contribution in [0.1, 0.15) is 48.1 Å². The second-order valence-corrected chi connectivity index (χ2v) is 13.0. The van der Waals surface area contributed by atoms with Crippen LogP contribution < -0.4 is 9.64 Å². The van der Waals surface area contributed by atoms with Gasteiger partial charge in [0.25, 0.3) is 0 Å². The van der Waals surface area contributed by atoms with Crippen molar-refractivity contribution in [3.63, 3.8) is 0 Å². The Kier molecular flexibility index (Phi) is 9.73. The molecule has 230 valence electrons. The third-order valence-electron chi connectivity index (χ3n) is 7.50. The lowest BCUT2D eigenvalue weighted by Gasteiger charge is -2.33. The van der Waals surface area contributed by atoms with Crippen LogP contribution in [0, 0.1) is 11.3 Å². The lowest BCUT2D eigenvalue weighted by atomic mass is 10.1. The number of fused-ring (bicyclic) bond motifs is 2. The van der Waals surface area contributed by atoms with Crippen LogP contribution in [0.5, 0.6) is 5.75 Å². The molecule has 3 heterocycles. The largest absolute Gasteiger partial charge is 0.494 e. The maximum atomic E-state index is 11.1. The number of rotatable bonds is 12. The molecule has 0 aliphatic carbocycles. The Morgan fingerprint density at radius 2 is 1.72 bits per heavy atom. The number of hydrogen-bond acceptors (Lipinski definition) is 7. The zero-order valence-electron chi connectivity index (χ0n) is 25.3. The highest BCUT2D eigenvalue weighted by Gasteiger charge is 2.25. The molecular weight excluding hydrogens is 613 g/mol. The summed E-state index contributed by atoms with van der Waals surface area (Å²) in [6, 6.07) is 32.5. The van der Waals surface area contributed by atoms with Gasteiger partial charge >= 0.3 is 5.97 Å². The maximum Gasteiger partial charge on any atom is 0.346 e. The van der Waals surface area contributed by atoms with E-state index in [1.165, 1.54) is 41.6 Å². The highest BCUT2D eigenvalue weighted by atomic mass is 32.2. The summed E-state index contributed by atoms with van der Waals surface area (Å²) < 4.78 is 12.2. The van der Waals surface area contributed by atoms with E-state index < -0.39 is 5.97 Å². The van der Waals surface area contributed by atoms with Gasteiger partial charge in [-0.15, -0.1) is 11.3 Å². The fourth-order valence-corrected chi connectivity index (χ4v) is 7.13. The van der Waals surface area contributed by atoms with Gasteiger partial charge < -0.3 is 19.2 Å². The first kappa shape index (κ1) is 31.0. The van der Waals surface area contributed by atoms with Crippen molar-refractivity contribution in [1.29, 1.82) is 5.26 Å². The number of nitrogens with zero attached hydrogens (tertiary/aromatic N) is 2. The number of ether oxygens (including phenoxy) is 1. The summed E-state index contributed by atoms with van der Waals surface area (Å²) >= 11 is 3.15. The van der Waals surface area contributed by atoms with Crippen LogP contribution in [0.2, 0.25) is 0 Å². The summed E-state index contributed by atoms with van der Waals surface area (Å²) in [6.45, 7) is 2.95. The minimum absolute atomic E-state index is 0.293. The van der Waals surface area contributed by atoms with Gasteiger partial charge in [-0.1, -0.05) is 50.1 Å². The Morgan fingerprint density at radius 3 is 2.52 bits per heavy atom. The van der Waals surface area contributed by atoms with Crippen LogP contribution >= 0.6 is 23.1 Å². The van der Waals surface area contributed by atoms with Gasteiger partial charge in [0.1, 0.15) is 28.9 Å². The summed E-state index contributed by atoms with van der Waals surface area (Å²) in [6.07, 6.45) is 9.91. The average molecular weight is 645 g/mol. The second-order valence-electron chi connectivity index (χ2n) is 10.7. The fraction of sp³-hybridized carbons (Fsp3) is 0.158. The number of benzene rings is 3. The molecule has 2 aromatic heterocycles. The molecule has 1 N–H and O–H groups in total. The van der Waals surface area contributed by atoms with Crippen molar-refractivity contribution in [2.75, 3.05) is 11.5 Å². The molecule has 6 rings (SSSR count). The molecular formula is C38H32N2O4S2. The SMILES string of the molecule is CCCCCCOc1ccc(N2c3ccccc3Sc3cc(-c4ccc(/C=C/c5ccc(/C=C(\C#N)C(=O)O)s5)o4)ccc32)cc1. The molecule has 0 bridgehead atoms. The number of carboxylic acids is 1. The number of carboxylic acid groups (broad SMARTS) is 1. The predicted octanol–water partition coefficient (Wildman–Crippen LogP) is 11.1. The van der Waals surface area contributed by atoms with Crippen LogP contribution in [0.3, 0.4) is 0 Å². The first-order chi connectivity index (χ1) is 22.5. The fourth-order valence-electron chi connectivity index (χ4n) is 5.18. The van der Waals surface area contributed by atoms with E-state index in [-0.39, 0.29) is 5.57 Å². The Labute approximate surface area is 276 Å². The molecule has 0 atom stereocenters. The lowest BCUT2D eigenvalue weighted by molar-refractivity contribution is -0.132. The number of hydrogen-bond donors (Lipinski definition) is 1. The molecule has 0 spiro atoms. The summed E-state index contributed by atoms with van der Waals surface area (Å²) in [5.41, 5.74) is 4.02. The van der Waals surface area contributed by atoms with Crippen molar-refractivity contribution in [2.24, 2.45) is 0 Å². The number of furan rings is 1. The van der Waals surface area contributed by atoms with Crippen molar-refractivity contribution < 1.29 is 19.1 Å². The number of thiophene rings is 1. The Hall–Kier alpha value is -4.97. The molecule has 0 fully saturated rings. The first-order valence-electron chi connectivity index (χ1n) is 15.2. The van der Waals surface area contributed by atoms with Gasteiger partial charge in [-0.25, -0.2) is 4.79 Å². The molecule has 6 nitrogen and oxygen atoms in total. The monoisotopic (exact) mass is 644 g/mol. The van der Waals surface area contributed by atoms with E-state index in [1.807, 2.05) is 30.4 Å². The third-order valence-corrected chi connectivity index (χ3v) is 9.61. The van der Waals surface area contributed by atoms with Crippen molar-refractivity contribution in [2.45, 2.75) is 42.4 Å². The third kappa shape index (κ3) is 7.12. The molecule has 0 amide bonds. The average Bonchev–Trinajstić information content (AvgIpc) is 3.75. The van der Waals surface area contributed by atoms with E-state index in [0.717, 1.165) is 56.9 Å². The number of para-hydroxylation sites is 1. The molecule has 0 radical (unpaired) electrons. The summed E-state index contributed by atoms with van der Waals surface area (Å²) in [5, 5.41) is 18.1. The Balaban J connectivity index is 1.20. The molecule has 8 heteroatoms. The molecule has 0 saturated carbocycles. The Morgan fingerprint density at radius 1 is 0.913 bits per heavy atom. The van der Waals surface area contributed by atoms with E-state index in [0.29, 0.717) is 10.6 Å². The quantitative estimate of drug-likeness (QED) is 0.0805. The van der Waals surface area contributed by atoms with Gasteiger partial charge in [-0.05, 0) is 104 Å². The van der Waals surface area contributed by atoms with Crippen LogP contribution in [0.15, 0.2) is 111 Å². The molecule has 0 unspecified atom stereocenters. The van der Waals surface area contributed by atoms with E-state index in [2.05, 4.69) is 78.6 Å². The van der Waals surface area contributed by atoms with Gasteiger partial charge in [0.05, 0.1) is 18.0 Å². The number of unbranched alkanes of at least 4 members (excludes halogenated alkanes) is 3. The van der Waals surface area contributed by atoms with Crippen molar-refractivity contribution >= 4 is 64.4 Å². The summed E-state index contributed by atoms with van der Waals surface area (Å²) in [7, 11) is 0. The molecule has 0 saturated heterocycles. The minimum Gasteiger partial charge on any atom is -0.494 e. The number of aliphatic carboxylic acids is 1. The smallest absolute Gasteiger partial charge is 0.346 e. The van der Waals surface area contributed by atoms with Crippen molar-refractivity contribution in [3.05, 3.63) is 112 Å². The first-order valence-corrected chi connectivity index (χ1v) is 16.8. The topological polar surface area (TPSA) is 86.7 Å². The highest BCUT2D eigenvalue weighted by Crippen LogP contribution is 2.52. The zero-order chi connectivity index (χ0) is 31.9. The lowest BCUT2D eigenvalue weighted by Crippen LogP contribution is -2.14. The maximum absolute atomic E-state index is 11.1. The van der Waals surface area contributed by atoms with Crippen LogP contribution in [0.25, 0.3) is 29.6 Å². The van der Waals surface area contributed by atoms with E-state index in [1.54, 1.807) is 23.9 Å². The molecule has 3 aromatic carbocycles. The van der Waals surface area contributed by atoms with Crippen molar-refractivity contribution in [1.82, 2.24) is 0 Å². The molecule has 5 aromatic rings.